The number of fused-ring (bicyclic) bond motifs is 2. The van der Waals surface area contributed by atoms with Crippen molar-refractivity contribution in [3.63, 3.8) is 0 Å². The van der Waals surface area contributed by atoms with E-state index < -0.39 is 5.41 Å². The lowest BCUT2D eigenvalue weighted by Gasteiger charge is -2.13. The van der Waals surface area contributed by atoms with Gasteiger partial charge in [0.2, 0.25) is 0 Å². The predicted octanol–water partition coefficient (Wildman–Crippen LogP) is 5.24. The minimum Gasteiger partial charge on any atom is -0.507 e. The number of aliphatic hydroxyl groups is 1. The molecule has 128 valence electrons. The zero-order valence-corrected chi connectivity index (χ0v) is 15.5. The van der Waals surface area contributed by atoms with E-state index in [2.05, 4.69) is 0 Å². The first-order valence-corrected chi connectivity index (χ1v) is 8.91. The number of ketones is 1. The van der Waals surface area contributed by atoms with E-state index in [9.17, 15) is 14.7 Å². The van der Waals surface area contributed by atoms with Crippen LogP contribution in [0.1, 0.15) is 31.9 Å². The number of aryl methyl sites for hydroxylation is 1. The van der Waals surface area contributed by atoms with Crippen molar-refractivity contribution < 1.29 is 9.90 Å². The van der Waals surface area contributed by atoms with Crippen LogP contribution in [0.5, 0.6) is 0 Å². The van der Waals surface area contributed by atoms with Crippen LogP contribution in [0.15, 0.2) is 47.3 Å². The summed E-state index contributed by atoms with van der Waals surface area (Å²) in [6, 6.07) is 11.0. The number of hydrogen-bond acceptors (Lipinski definition) is 4. The van der Waals surface area contributed by atoms with Crippen LogP contribution in [0.3, 0.4) is 0 Å². The van der Waals surface area contributed by atoms with Crippen molar-refractivity contribution in [1.82, 2.24) is 0 Å². The largest absolute Gasteiger partial charge is 0.507 e. The second-order valence-corrected chi connectivity index (χ2v) is 8.37. The molecule has 1 heterocycles. The third-order valence-corrected chi connectivity index (χ3v) is 5.26. The van der Waals surface area contributed by atoms with E-state index in [0.717, 1.165) is 15.0 Å². The van der Waals surface area contributed by atoms with Gasteiger partial charge in [-0.05, 0) is 31.2 Å². The molecule has 0 radical (unpaired) electrons. The predicted molar refractivity (Wildman–Crippen MR) is 105 cm³/mol. The van der Waals surface area contributed by atoms with Gasteiger partial charge in [-0.2, -0.15) is 0 Å². The van der Waals surface area contributed by atoms with Crippen molar-refractivity contribution in [3.8, 4) is 0 Å². The fraction of sp³-hybridized carbons (Fsp3) is 0.238. The van der Waals surface area contributed by atoms with Crippen LogP contribution in [0.4, 0.5) is 0 Å². The van der Waals surface area contributed by atoms with Gasteiger partial charge in [0.1, 0.15) is 5.76 Å². The molecule has 3 nitrogen and oxygen atoms in total. The third-order valence-electron chi connectivity index (χ3n) is 4.13. The van der Waals surface area contributed by atoms with Gasteiger partial charge in [-0.1, -0.05) is 38.5 Å². The molecule has 0 bridgehead atoms. The maximum absolute atomic E-state index is 12.7. The summed E-state index contributed by atoms with van der Waals surface area (Å²) in [5.74, 6) is -0.224. The average molecular weight is 352 g/mol. The summed E-state index contributed by atoms with van der Waals surface area (Å²) >= 11 is 1.51. The Bertz CT molecular complexity index is 1080. The molecular formula is C21H20O3S. The lowest BCUT2D eigenvalue weighted by molar-refractivity contribution is -0.121. The molecule has 0 aliphatic rings. The number of benzene rings is 2. The van der Waals surface area contributed by atoms with Crippen molar-refractivity contribution in [2.24, 2.45) is 5.41 Å². The molecule has 0 spiro atoms. The Morgan fingerprint density at radius 1 is 1.04 bits per heavy atom. The first-order chi connectivity index (χ1) is 11.7. The van der Waals surface area contributed by atoms with Gasteiger partial charge in [-0.3, -0.25) is 9.59 Å². The lowest BCUT2D eigenvalue weighted by Crippen LogP contribution is -2.17. The Labute approximate surface area is 150 Å². The van der Waals surface area contributed by atoms with Crippen molar-refractivity contribution in [2.45, 2.75) is 27.7 Å². The van der Waals surface area contributed by atoms with Crippen molar-refractivity contribution >= 4 is 43.1 Å². The van der Waals surface area contributed by atoms with Gasteiger partial charge in [0, 0.05) is 37.2 Å². The smallest absolute Gasteiger partial charge is 0.195 e. The zero-order valence-electron chi connectivity index (χ0n) is 14.7. The van der Waals surface area contributed by atoms with Crippen molar-refractivity contribution in [3.05, 3.63) is 63.8 Å². The molecule has 0 saturated carbocycles. The second-order valence-electron chi connectivity index (χ2n) is 7.29. The van der Waals surface area contributed by atoms with Crippen molar-refractivity contribution in [1.29, 1.82) is 0 Å². The quantitative estimate of drug-likeness (QED) is 0.390. The molecule has 0 amide bonds. The summed E-state index contributed by atoms with van der Waals surface area (Å²) in [6.45, 7) is 7.38. The van der Waals surface area contributed by atoms with Gasteiger partial charge in [0.15, 0.2) is 11.2 Å². The summed E-state index contributed by atoms with van der Waals surface area (Å²) in [5.41, 5.74) is 1.03. The van der Waals surface area contributed by atoms with E-state index in [1.165, 1.54) is 17.4 Å². The van der Waals surface area contributed by atoms with Crippen LogP contribution >= 0.6 is 11.3 Å². The average Bonchev–Trinajstić information content (AvgIpc) is 2.54. The van der Waals surface area contributed by atoms with Crippen LogP contribution < -0.4 is 5.43 Å². The Hall–Kier alpha value is -2.46. The SMILES string of the molecule is Cc1ccc2sc3cc(/C(O)=C/C(=O)C(C)(C)C)ccc3c(=O)c2c1. The van der Waals surface area contributed by atoms with E-state index >= 15 is 0 Å². The zero-order chi connectivity index (χ0) is 18.4. The fourth-order valence-corrected chi connectivity index (χ4v) is 3.64. The Morgan fingerprint density at radius 3 is 2.44 bits per heavy atom. The molecule has 0 fully saturated rings. The molecule has 0 unspecified atom stereocenters. The van der Waals surface area contributed by atoms with Crippen LogP contribution in [0.2, 0.25) is 0 Å². The van der Waals surface area contributed by atoms with E-state index in [1.807, 2.05) is 25.1 Å². The van der Waals surface area contributed by atoms with Crippen molar-refractivity contribution in [2.75, 3.05) is 0 Å². The fourth-order valence-electron chi connectivity index (χ4n) is 2.55. The molecule has 3 rings (SSSR count). The summed E-state index contributed by atoms with van der Waals surface area (Å²) < 4.78 is 1.71. The summed E-state index contributed by atoms with van der Waals surface area (Å²) in [6.07, 6.45) is 1.26. The highest BCUT2D eigenvalue weighted by molar-refractivity contribution is 7.24. The lowest BCUT2D eigenvalue weighted by atomic mass is 9.90. The molecule has 2 aromatic carbocycles. The van der Waals surface area contributed by atoms with Crippen LogP contribution in [-0.4, -0.2) is 10.9 Å². The van der Waals surface area contributed by atoms with Crippen LogP contribution in [0, 0.1) is 12.3 Å². The number of aliphatic hydroxyl groups excluding tert-OH is 1. The molecule has 3 aromatic rings. The van der Waals surface area contributed by atoms with Gasteiger partial charge in [-0.25, -0.2) is 0 Å². The van der Waals surface area contributed by atoms with E-state index in [1.54, 1.807) is 39.0 Å². The second kappa shape index (κ2) is 6.12. The number of carbonyl (C=O) groups excluding carboxylic acids is 1. The van der Waals surface area contributed by atoms with Gasteiger partial charge in [0.05, 0.1) is 0 Å². The molecule has 4 heteroatoms. The highest BCUT2D eigenvalue weighted by atomic mass is 32.1. The topological polar surface area (TPSA) is 54.4 Å². The number of hydrogen-bond donors (Lipinski definition) is 1. The molecule has 0 atom stereocenters. The molecule has 0 aliphatic carbocycles. The van der Waals surface area contributed by atoms with Gasteiger partial charge in [0.25, 0.3) is 0 Å². The minimum absolute atomic E-state index is 0.00626. The highest BCUT2D eigenvalue weighted by Crippen LogP contribution is 2.28. The molecule has 1 N–H and O–H groups in total. The van der Waals surface area contributed by atoms with Crippen LogP contribution in [-0.2, 0) is 4.79 Å². The monoisotopic (exact) mass is 352 g/mol. The highest BCUT2D eigenvalue weighted by Gasteiger charge is 2.20. The number of carbonyl (C=O) groups is 1. The normalized spacial score (nSPS) is 12.7. The molecular weight excluding hydrogens is 332 g/mol. The molecule has 1 aromatic heterocycles. The summed E-state index contributed by atoms with van der Waals surface area (Å²) in [7, 11) is 0. The molecule has 0 aliphatic heterocycles. The van der Waals surface area contributed by atoms with E-state index in [-0.39, 0.29) is 17.0 Å². The van der Waals surface area contributed by atoms with Gasteiger partial charge < -0.3 is 5.11 Å². The number of allylic oxidation sites excluding steroid dienone is 1. The first-order valence-electron chi connectivity index (χ1n) is 8.09. The standard InChI is InChI=1S/C21H20O3S/c1-12-5-8-17-15(9-12)20(24)14-7-6-13(10-18(14)25-17)16(22)11-19(23)21(2,3)4/h5-11,22H,1-4H3/b16-11-. The Morgan fingerprint density at radius 2 is 1.76 bits per heavy atom. The Balaban J connectivity index is 2.16. The maximum atomic E-state index is 12.7. The van der Waals surface area contributed by atoms with Gasteiger partial charge >= 0.3 is 0 Å². The van der Waals surface area contributed by atoms with E-state index in [4.69, 9.17) is 0 Å². The van der Waals surface area contributed by atoms with E-state index in [0.29, 0.717) is 16.3 Å². The van der Waals surface area contributed by atoms with Gasteiger partial charge in [-0.15, -0.1) is 11.3 Å². The number of rotatable bonds is 2. The maximum Gasteiger partial charge on any atom is 0.195 e. The molecule has 0 saturated heterocycles. The summed E-state index contributed by atoms with van der Waals surface area (Å²) in [4.78, 5) is 24.8. The first kappa shape index (κ1) is 17.4. The molecule has 25 heavy (non-hydrogen) atoms. The van der Waals surface area contributed by atoms with Crippen LogP contribution in [0.25, 0.3) is 25.9 Å². The third kappa shape index (κ3) is 3.35. The minimum atomic E-state index is -0.552. The Kier molecular flexibility index (Phi) is 4.25. The summed E-state index contributed by atoms with van der Waals surface area (Å²) in [5, 5.41) is 11.6.